The standard InChI is InChI=1S/C32H45NO8/c1-5-6-15-38-26(34)19-32(37,12-7-10-30(3,4)36)29(35)41-28-21(2)18-31-11-8-13-33(31)14-9-22-16-24-25(40-20-39-24)17-23(22)27(28)31/h16-18,27-28,36-37H,5-15,19-20H2,1-4H3/t27-,28?,31?,32?/m1/s1. The molecule has 4 atom stereocenters. The fourth-order valence-corrected chi connectivity index (χ4v) is 7.12. The number of carbonyl (C=O) groups excluding carboxylic acids is 2. The lowest BCUT2D eigenvalue weighted by molar-refractivity contribution is -0.178. The summed E-state index contributed by atoms with van der Waals surface area (Å²) in [6, 6.07) is 4.10. The summed E-state index contributed by atoms with van der Waals surface area (Å²) in [5.41, 5.74) is -0.170. The van der Waals surface area contributed by atoms with Crippen LogP contribution in [-0.4, -0.2) is 76.4 Å². The van der Waals surface area contributed by atoms with Gasteiger partial charge in [0.25, 0.3) is 0 Å². The Morgan fingerprint density at radius 1 is 1.12 bits per heavy atom. The zero-order valence-electron chi connectivity index (χ0n) is 24.9. The zero-order valence-corrected chi connectivity index (χ0v) is 24.9. The molecule has 3 aliphatic heterocycles. The lowest BCUT2D eigenvalue weighted by Crippen LogP contribution is -2.49. The molecule has 1 saturated heterocycles. The van der Waals surface area contributed by atoms with Crippen molar-refractivity contribution in [2.75, 3.05) is 26.5 Å². The van der Waals surface area contributed by atoms with Crippen LogP contribution in [0.2, 0.25) is 0 Å². The molecular formula is C32H45NO8. The molecule has 0 aromatic heterocycles. The molecule has 1 aromatic rings. The molecule has 5 rings (SSSR count). The largest absolute Gasteiger partial charge is 0.466 e. The minimum absolute atomic E-state index is 0.0224. The van der Waals surface area contributed by atoms with Crippen molar-refractivity contribution in [3.05, 3.63) is 34.9 Å². The molecule has 0 bridgehead atoms. The molecule has 1 spiro atoms. The van der Waals surface area contributed by atoms with Gasteiger partial charge in [0.1, 0.15) is 6.10 Å². The van der Waals surface area contributed by atoms with Gasteiger partial charge in [-0.15, -0.1) is 0 Å². The zero-order chi connectivity index (χ0) is 29.4. The van der Waals surface area contributed by atoms with Crippen LogP contribution in [0.3, 0.4) is 0 Å². The first kappa shape index (κ1) is 29.9. The summed E-state index contributed by atoms with van der Waals surface area (Å²) in [5.74, 6) is -0.216. The summed E-state index contributed by atoms with van der Waals surface area (Å²) < 4.78 is 23.0. The maximum absolute atomic E-state index is 13.9. The highest BCUT2D eigenvalue weighted by atomic mass is 16.7. The first-order valence-electron chi connectivity index (χ1n) is 15.1. The Hall–Kier alpha value is -2.62. The molecule has 1 fully saturated rings. The van der Waals surface area contributed by atoms with Gasteiger partial charge in [-0.25, -0.2) is 4.79 Å². The molecule has 3 heterocycles. The van der Waals surface area contributed by atoms with Crippen LogP contribution < -0.4 is 9.47 Å². The van der Waals surface area contributed by atoms with Crippen molar-refractivity contribution < 1.29 is 38.7 Å². The predicted molar refractivity (Wildman–Crippen MR) is 152 cm³/mol. The highest BCUT2D eigenvalue weighted by molar-refractivity contribution is 5.86. The minimum atomic E-state index is -2.07. The Labute approximate surface area is 242 Å². The summed E-state index contributed by atoms with van der Waals surface area (Å²) in [6.45, 7) is 9.60. The average molecular weight is 572 g/mol. The Morgan fingerprint density at radius 2 is 1.88 bits per heavy atom. The number of nitrogens with zero attached hydrogens (tertiary/aromatic N) is 1. The van der Waals surface area contributed by atoms with E-state index in [9.17, 15) is 19.8 Å². The van der Waals surface area contributed by atoms with Crippen LogP contribution >= 0.6 is 0 Å². The monoisotopic (exact) mass is 571 g/mol. The molecule has 226 valence electrons. The van der Waals surface area contributed by atoms with Crippen molar-refractivity contribution >= 4 is 11.9 Å². The van der Waals surface area contributed by atoms with Gasteiger partial charge in [0.15, 0.2) is 17.1 Å². The SMILES string of the molecule is CCCCOC(=O)CC(O)(CCCC(C)(C)O)C(=O)OC1C(C)=CC23CCCN2CCc2cc4c(cc2[C@H]13)OCO4. The van der Waals surface area contributed by atoms with Crippen molar-refractivity contribution in [1.82, 2.24) is 4.90 Å². The Bertz CT molecular complexity index is 1190. The van der Waals surface area contributed by atoms with E-state index < -0.39 is 35.7 Å². The van der Waals surface area contributed by atoms with Crippen molar-refractivity contribution in [3.63, 3.8) is 0 Å². The topological polar surface area (TPSA) is 115 Å². The van der Waals surface area contributed by atoms with Crippen LogP contribution in [0.4, 0.5) is 0 Å². The Morgan fingerprint density at radius 3 is 2.61 bits per heavy atom. The lowest BCUT2D eigenvalue weighted by atomic mass is 9.77. The van der Waals surface area contributed by atoms with Crippen LogP contribution in [0.15, 0.2) is 23.8 Å². The Balaban J connectivity index is 1.44. The first-order chi connectivity index (χ1) is 19.5. The van der Waals surface area contributed by atoms with Crippen LogP contribution in [-0.2, 0) is 25.5 Å². The molecule has 0 radical (unpaired) electrons. The van der Waals surface area contributed by atoms with E-state index in [0.717, 1.165) is 61.2 Å². The molecule has 1 aromatic carbocycles. The maximum Gasteiger partial charge on any atom is 0.339 e. The number of hydrogen-bond donors (Lipinski definition) is 2. The van der Waals surface area contributed by atoms with Gasteiger partial charge in [0.2, 0.25) is 6.79 Å². The van der Waals surface area contributed by atoms with Crippen molar-refractivity contribution in [2.45, 2.75) is 114 Å². The van der Waals surface area contributed by atoms with Crippen LogP contribution in [0, 0.1) is 0 Å². The maximum atomic E-state index is 13.9. The van der Waals surface area contributed by atoms with Gasteiger partial charge in [-0.2, -0.15) is 0 Å². The molecule has 9 heteroatoms. The van der Waals surface area contributed by atoms with E-state index in [-0.39, 0.29) is 31.3 Å². The molecule has 1 aliphatic carbocycles. The minimum Gasteiger partial charge on any atom is -0.466 e. The molecule has 0 amide bonds. The Kier molecular flexibility index (Phi) is 8.43. The van der Waals surface area contributed by atoms with E-state index in [0.29, 0.717) is 25.0 Å². The van der Waals surface area contributed by atoms with E-state index in [2.05, 4.69) is 17.0 Å². The van der Waals surface area contributed by atoms with Gasteiger partial charge in [0, 0.05) is 12.5 Å². The number of ether oxygens (including phenoxy) is 4. The van der Waals surface area contributed by atoms with Gasteiger partial charge in [-0.3, -0.25) is 9.69 Å². The first-order valence-corrected chi connectivity index (χ1v) is 15.1. The third-order valence-electron chi connectivity index (χ3n) is 9.17. The highest BCUT2D eigenvalue weighted by Gasteiger charge is 2.57. The van der Waals surface area contributed by atoms with Crippen molar-refractivity contribution in [2.24, 2.45) is 0 Å². The summed E-state index contributed by atoms with van der Waals surface area (Å²) in [4.78, 5) is 29.1. The normalized spacial score (nSPS) is 26.3. The second-order valence-corrected chi connectivity index (χ2v) is 12.9. The van der Waals surface area contributed by atoms with E-state index in [4.69, 9.17) is 18.9 Å². The number of aliphatic hydroxyl groups is 2. The van der Waals surface area contributed by atoms with Crippen LogP contribution in [0.1, 0.15) is 96.1 Å². The van der Waals surface area contributed by atoms with E-state index in [1.54, 1.807) is 13.8 Å². The smallest absolute Gasteiger partial charge is 0.339 e. The van der Waals surface area contributed by atoms with Crippen molar-refractivity contribution in [1.29, 1.82) is 0 Å². The van der Waals surface area contributed by atoms with Crippen molar-refractivity contribution in [3.8, 4) is 11.5 Å². The second kappa shape index (κ2) is 11.6. The summed E-state index contributed by atoms with van der Waals surface area (Å²) in [6.07, 6.45) is 6.23. The molecular weight excluding hydrogens is 526 g/mol. The van der Waals surface area contributed by atoms with Gasteiger partial charge in [-0.1, -0.05) is 19.4 Å². The predicted octanol–water partition coefficient (Wildman–Crippen LogP) is 4.17. The van der Waals surface area contributed by atoms with Crippen LogP contribution in [0.25, 0.3) is 0 Å². The summed E-state index contributed by atoms with van der Waals surface area (Å²) in [5, 5.41) is 21.9. The molecule has 2 N–H and O–H groups in total. The number of hydrogen-bond acceptors (Lipinski definition) is 9. The van der Waals surface area contributed by atoms with E-state index >= 15 is 0 Å². The van der Waals surface area contributed by atoms with E-state index in [1.165, 1.54) is 0 Å². The lowest BCUT2D eigenvalue weighted by Gasteiger charge is -2.40. The molecule has 9 nitrogen and oxygen atoms in total. The van der Waals surface area contributed by atoms with E-state index in [1.807, 2.05) is 19.9 Å². The third-order valence-corrected chi connectivity index (χ3v) is 9.17. The highest BCUT2D eigenvalue weighted by Crippen LogP contribution is 2.55. The van der Waals surface area contributed by atoms with Gasteiger partial charge < -0.3 is 29.2 Å². The number of carbonyl (C=O) groups is 2. The van der Waals surface area contributed by atoms with Gasteiger partial charge in [0.05, 0.1) is 24.2 Å². The molecule has 3 unspecified atom stereocenters. The third kappa shape index (κ3) is 5.99. The second-order valence-electron chi connectivity index (χ2n) is 12.9. The quantitative estimate of drug-likeness (QED) is 0.229. The number of esters is 2. The molecule has 4 aliphatic rings. The molecule has 0 saturated carbocycles. The number of fused-ring (bicyclic) bond motifs is 3. The fraction of sp³-hybridized carbons (Fsp3) is 0.688. The van der Waals surface area contributed by atoms with Crippen LogP contribution in [0.5, 0.6) is 11.5 Å². The summed E-state index contributed by atoms with van der Waals surface area (Å²) in [7, 11) is 0. The van der Waals surface area contributed by atoms with Gasteiger partial charge in [-0.05, 0) is 101 Å². The summed E-state index contributed by atoms with van der Waals surface area (Å²) >= 11 is 0. The fourth-order valence-electron chi connectivity index (χ4n) is 7.12. The number of unbranched alkanes of at least 4 members (excludes halogenated alkanes) is 1. The molecule has 41 heavy (non-hydrogen) atoms. The average Bonchev–Trinajstić information content (AvgIpc) is 3.57. The number of rotatable bonds is 11. The number of benzene rings is 1. The van der Waals surface area contributed by atoms with Gasteiger partial charge >= 0.3 is 11.9 Å².